The highest BCUT2D eigenvalue weighted by Crippen LogP contribution is 2.22. The Balaban J connectivity index is 1.61. The number of hydrogen-bond donors (Lipinski definition) is 2. The lowest BCUT2D eigenvalue weighted by atomic mass is 9.91. The number of carbonyl (C=O) groups is 1. The molecule has 0 aliphatic carbocycles. The fourth-order valence-electron chi connectivity index (χ4n) is 2.67. The molecule has 0 saturated carbocycles. The van der Waals surface area contributed by atoms with Gasteiger partial charge in [0.15, 0.2) is 0 Å². The maximum atomic E-state index is 12.8. The number of rotatable bonds is 8. The van der Waals surface area contributed by atoms with E-state index >= 15 is 0 Å². The van der Waals surface area contributed by atoms with Gasteiger partial charge in [-0.3, -0.25) is 4.79 Å². The molecule has 6 heteroatoms. The van der Waals surface area contributed by atoms with Crippen molar-refractivity contribution in [3.05, 3.63) is 30.1 Å². The van der Waals surface area contributed by atoms with Crippen LogP contribution in [0.25, 0.3) is 0 Å². The van der Waals surface area contributed by atoms with Crippen LogP contribution in [0.1, 0.15) is 25.7 Å². The number of piperidine rings is 1. The van der Waals surface area contributed by atoms with Gasteiger partial charge in [-0.25, -0.2) is 4.39 Å². The van der Waals surface area contributed by atoms with Crippen LogP contribution in [-0.2, 0) is 9.53 Å². The summed E-state index contributed by atoms with van der Waals surface area (Å²) in [5, 5.41) is 6.19. The van der Waals surface area contributed by atoms with Gasteiger partial charge in [0.25, 0.3) is 5.91 Å². The third-order valence-corrected chi connectivity index (χ3v) is 4.15. The molecule has 5 nitrogen and oxygen atoms in total. The molecule has 0 aromatic heterocycles. The van der Waals surface area contributed by atoms with E-state index in [1.807, 2.05) is 0 Å². The Morgan fingerprint density at radius 2 is 1.96 bits per heavy atom. The molecule has 0 unspecified atom stereocenters. The van der Waals surface area contributed by atoms with Crippen molar-refractivity contribution < 1.29 is 18.7 Å². The minimum Gasteiger partial charge on any atom is -0.494 e. The van der Waals surface area contributed by atoms with Crippen LogP contribution in [0, 0.1) is 5.82 Å². The Bertz CT molecular complexity index is 487. The SMILES string of the molecule is COC1(C(=O)NCCCCOc2ccc(F)cc2)CCNCC1. The number of hydrogen-bond acceptors (Lipinski definition) is 4. The first-order valence-electron chi connectivity index (χ1n) is 8.09. The molecule has 2 N–H and O–H groups in total. The average Bonchev–Trinajstić information content (AvgIpc) is 2.60. The second-order valence-corrected chi connectivity index (χ2v) is 5.71. The quantitative estimate of drug-likeness (QED) is 0.717. The van der Waals surface area contributed by atoms with Gasteiger partial charge in [-0.05, 0) is 63.0 Å². The smallest absolute Gasteiger partial charge is 0.252 e. The number of ether oxygens (including phenoxy) is 2. The zero-order valence-corrected chi connectivity index (χ0v) is 13.6. The summed E-state index contributed by atoms with van der Waals surface area (Å²) in [6.07, 6.45) is 3.04. The van der Waals surface area contributed by atoms with E-state index in [1.54, 1.807) is 19.2 Å². The lowest BCUT2D eigenvalue weighted by Gasteiger charge is -2.34. The van der Waals surface area contributed by atoms with Gasteiger partial charge in [-0.1, -0.05) is 0 Å². The maximum absolute atomic E-state index is 12.8. The van der Waals surface area contributed by atoms with Gasteiger partial charge < -0.3 is 20.1 Å². The molecule has 1 fully saturated rings. The molecule has 0 radical (unpaired) electrons. The molecule has 2 rings (SSSR count). The van der Waals surface area contributed by atoms with Crippen molar-refractivity contribution in [2.45, 2.75) is 31.3 Å². The van der Waals surface area contributed by atoms with Crippen LogP contribution in [0.2, 0.25) is 0 Å². The summed E-state index contributed by atoms with van der Waals surface area (Å²) in [6.45, 7) is 2.74. The Hall–Kier alpha value is -1.66. The van der Waals surface area contributed by atoms with E-state index in [0.29, 0.717) is 31.7 Å². The Morgan fingerprint density at radius 3 is 2.61 bits per heavy atom. The van der Waals surface area contributed by atoms with Gasteiger partial charge >= 0.3 is 0 Å². The summed E-state index contributed by atoms with van der Waals surface area (Å²) in [7, 11) is 1.60. The molecule has 0 atom stereocenters. The van der Waals surface area contributed by atoms with E-state index in [1.165, 1.54) is 12.1 Å². The van der Waals surface area contributed by atoms with Crippen LogP contribution in [0.4, 0.5) is 4.39 Å². The van der Waals surface area contributed by atoms with Crippen LogP contribution in [-0.4, -0.2) is 44.9 Å². The number of benzene rings is 1. The predicted octanol–water partition coefficient (Wildman–Crippen LogP) is 1.87. The number of halogens is 1. The van der Waals surface area contributed by atoms with Crippen molar-refractivity contribution >= 4 is 5.91 Å². The topological polar surface area (TPSA) is 59.6 Å². The molecule has 1 amide bonds. The normalized spacial score (nSPS) is 16.8. The molecule has 1 aliphatic rings. The number of unbranched alkanes of at least 4 members (excludes halogenated alkanes) is 1. The van der Waals surface area contributed by atoms with Crippen molar-refractivity contribution in [1.82, 2.24) is 10.6 Å². The van der Waals surface area contributed by atoms with Gasteiger partial charge in [0, 0.05) is 13.7 Å². The Morgan fingerprint density at radius 1 is 1.26 bits per heavy atom. The van der Waals surface area contributed by atoms with Crippen LogP contribution >= 0.6 is 0 Å². The van der Waals surface area contributed by atoms with Crippen LogP contribution in [0.3, 0.4) is 0 Å². The van der Waals surface area contributed by atoms with E-state index in [0.717, 1.165) is 25.9 Å². The monoisotopic (exact) mass is 324 g/mol. The first-order valence-corrected chi connectivity index (χ1v) is 8.09. The number of carbonyl (C=O) groups excluding carboxylic acids is 1. The highest BCUT2D eigenvalue weighted by Gasteiger charge is 2.39. The zero-order valence-electron chi connectivity index (χ0n) is 13.6. The minimum atomic E-state index is -0.685. The fraction of sp³-hybridized carbons (Fsp3) is 0.588. The first kappa shape index (κ1) is 17.7. The van der Waals surface area contributed by atoms with Gasteiger partial charge in [0.2, 0.25) is 0 Å². The number of methoxy groups -OCH3 is 1. The fourth-order valence-corrected chi connectivity index (χ4v) is 2.67. The molecular weight excluding hydrogens is 299 g/mol. The Kier molecular flexibility index (Phi) is 6.80. The first-order chi connectivity index (χ1) is 11.2. The third kappa shape index (κ3) is 5.18. The van der Waals surface area contributed by atoms with Crippen molar-refractivity contribution in [2.24, 2.45) is 0 Å². The summed E-state index contributed by atoms with van der Waals surface area (Å²) >= 11 is 0. The summed E-state index contributed by atoms with van der Waals surface area (Å²) in [5.74, 6) is 0.356. The maximum Gasteiger partial charge on any atom is 0.252 e. The van der Waals surface area contributed by atoms with Crippen molar-refractivity contribution in [3.63, 3.8) is 0 Å². The van der Waals surface area contributed by atoms with E-state index in [2.05, 4.69) is 10.6 Å². The summed E-state index contributed by atoms with van der Waals surface area (Å²) in [6, 6.07) is 5.96. The van der Waals surface area contributed by atoms with Gasteiger partial charge in [-0.2, -0.15) is 0 Å². The minimum absolute atomic E-state index is 0.0269. The van der Waals surface area contributed by atoms with Crippen molar-refractivity contribution in [2.75, 3.05) is 33.4 Å². The van der Waals surface area contributed by atoms with Crippen molar-refractivity contribution in [1.29, 1.82) is 0 Å². The molecule has 1 aliphatic heterocycles. The molecule has 1 saturated heterocycles. The molecule has 1 aromatic carbocycles. The Labute approximate surface area is 136 Å². The largest absolute Gasteiger partial charge is 0.494 e. The highest BCUT2D eigenvalue weighted by atomic mass is 19.1. The van der Waals surface area contributed by atoms with Crippen molar-refractivity contribution in [3.8, 4) is 5.75 Å². The summed E-state index contributed by atoms with van der Waals surface area (Å²) in [5.41, 5.74) is -0.685. The van der Waals surface area contributed by atoms with Crippen LogP contribution in [0.15, 0.2) is 24.3 Å². The molecule has 1 aromatic rings. The summed E-state index contributed by atoms with van der Waals surface area (Å²) < 4.78 is 23.7. The van der Waals surface area contributed by atoms with Crippen LogP contribution in [0.5, 0.6) is 5.75 Å². The second kappa shape index (κ2) is 8.84. The predicted molar refractivity (Wildman–Crippen MR) is 86.0 cm³/mol. The van der Waals surface area contributed by atoms with E-state index in [-0.39, 0.29) is 11.7 Å². The molecule has 128 valence electrons. The molecule has 0 bridgehead atoms. The standard InChI is InChI=1S/C17H25FN2O3/c1-22-17(8-11-19-12-9-17)16(21)20-10-2-3-13-23-15-6-4-14(18)5-7-15/h4-7,19H,2-3,8-13H2,1H3,(H,20,21). The number of nitrogens with one attached hydrogen (secondary N) is 2. The molecule has 23 heavy (non-hydrogen) atoms. The molecule has 1 heterocycles. The van der Waals surface area contributed by atoms with Gasteiger partial charge in [0.05, 0.1) is 6.61 Å². The lowest BCUT2D eigenvalue weighted by Crippen LogP contribution is -2.54. The third-order valence-electron chi connectivity index (χ3n) is 4.15. The lowest BCUT2D eigenvalue weighted by molar-refractivity contribution is -0.146. The molecule has 0 spiro atoms. The number of amides is 1. The van der Waals surface area contributed by atoms with Gasteiger partial charge in [0.1, 0.15) is 17.2 Å². The van der Waals surface area contributed by atoms with Crippen LogP contribution < -0.4 is 15.4 Å². The zero-order chi connectivity index (χ0) is 16.5. The highest BCUT2D eigenvalue weighted by molar-refractivity contribution is 5.85. The van der Waals surface area contributed by atoms with E-state index < -0.39 is 5.60 Å². The molecular formula is C17H25FN2O3. The average molecular weight is 324 g/mol. The van der Waals surface area contributed by atoms with E-state index in [9.17, 15) is 9.18 Å². The second-order valence-electron chi connectivity index (χ2n) is 5.71. The van der Waals surface area contributed by atoms with E-state index in [4.69, 9.17) is 9.47 Å². The van der Waals surface area contributed by atoms with Gasteiger partial charge in [-0.15, -0.1) is 0 Å². The summed E-state index contributed by atoms with van der Waals surface area (Å²) in [4.78, 5) is 12.3.